The van der Waals surface area contributed by atoms with Crippen molar-refractivity contribution in [1.82, 2.24) is 10.3 Å². The first-order chi connectivity index (χ1) is 8.65. The number of carbonyl (C=O) groups excluding carboxylic acids is 1. The van der Waals surface area contributed by atoms with Gasteiger partial charge < -0.3 is 10.1 Å². The minimum absolute atomic E-state index is 0.0625. The van der Waals surface area contributed by atoms with Crippen molar-refractivity contribution < 1.29 is 9.53 Å². The number of nitrogens with zero attached hydrogens (tertiary/aromatic N) is 1. The number of nitrogens with one attached hydrogen (secondary N) is 1. The molecule has 0 spiro atoms. The number of hydrogen-bond donors (Lipinski definition) is 1. The highest BCUT2D eigenvalue weighted by atomic mass is 79.9. The molecule has 2 rings (SSSR count). The molecule has 1 aromatic heterocycles. The van der Waals surface area contributed by atoms with Crippen molar-refractivity contribution in [2.24, 2.45) is 0 Å². The Morgan fingerprint density at radius 3 is 2.83 bits per heavy atom. The van der Waals surface area contributed by atoms with E-state index in [9.17, 15) is 4.79 Å². The third-order valence-electron chi connectivity index (χ3n) is 3.22. The van der Waals surface area contributed by atoms with E-state index in [0.717, 1.165) is 23.7 Å². The Morgan fingerprint density at radius 1 is 1.50 bits per heavy atom. The molecule has 0 bridgehead atoms. The van der Waals surface area contributed by atoms with Gasteiger partial charge in [-0.3, -0.25) is 9.78 Å². The Labute approximate surface area is 115 Å². The van der Waals surface area contributed by atoms with E-state index in [-0.39, 0.29) is 11.4 Å². The number of alkyl halides is 1. The SMILES string of the molecule is Cc1cncc(C(=O)NC2(CBr)CCOCC2)c1. The van der Waals surface area contributed by atoms with Crippen molar-refractivity contribution >= 4 is 21.8 Å². The van der Waals surface area contributed by atoms with Gasteiger partial charge in [-0.1, -0.05) is 15.9 Å². The van der Waals surface area contributed by atoms with E-state index in [1.54, 1.807) is 12.4 Å². The average molecular weight is 313 g/mol. The number of hydrogen-bond acceptors (Lipinski definition) is 3. The maximum absolute atomic E-state index is 12.2. The van der Waals surface area contributed by atoms with E-state index in [0.29, 0.717) is 18.8 Å². The van der Waals surface area contributed by atoms with Gasteiger partial charge in [-0.25, -0.2) is 0 Å². The fraction of sp³-hybridized carbons (Fsp3) is 0.538. The van der Waals surface area contributed by atoms with E-state index in [1.807, 2.05) is 13.0 Å². The summed E-state index contributed by atoms with van der Waals surface area (Å²) in [7, 11) is 0. The van der Waals surface area contributed by atoms with Crippen LogP contribution in [0.25, 0.3) is 0 Å². The Kier molecular flexibility index (Phi) is 4.35. The monoisotopic (exact) mass is 312 g/mol. The van der Waals surface area contributed by atoms with Crippen LogP contribution in [0.4, 0.5) is 0 Å². The maximum atomic E-state index is 12.2. The van der Waals surface area contributed by atoms with Gasteiger partial charge in [0.15, 0.2) is 0 Å². The highest BCUT2D eigenvalue weighted by Crippen LogP contribution is 2.23. The van der Waals surface area contributed by atoms with E-state index < -0.39 is 0 Å². The standard InChI is InChI=1S/C13H17BrN2O2/c1-10-6-11(8-15-7-10)12(17)16-13(9-14)2-4-18-5-3-13/h6-8H,2-5,9H2,1H3,(H,16,17). The second-order valence-corrected chi connectivity index (χ2v) is 5.29. The number of carbonyl (C=O) groups is 1. The summed E-state index contributed by atoms with van der Waals surface area (Å²) in [5.41, 5.74) is 1.41. The molecule has 1 aliphatic heterocycles. The van der Waals surface area contributed by atoms with Gasteiger partial charge in [0, 0.05) is 30.9 Å². The van der Waals surface area contributed by atoms with Crippen LogP contribution < -0.4 is 5.32 Å². The minimum atomic E-state index is -0.195. The van der Waals surface area contributed by atoms with Crippen molar-refractivity contribution in [3.63, 3.8) is 0 Å². The zero-order chi connectivity index (χ0) is 13.0. The number of rotatable bonds is 3. The summed E-state index contributed by atoms with van der Waals surface area (Å²) < 4.78 is 5.35. The molecule has 0 aliphatic carbocycles. The zero-order valence-corrected chi connectivity index (χ0v) is 12.0. The lowest BCUT2D eigenvalue weighted by Gasteiger charge is -2.36. The molecule has 18 heavy (non-hydrogen) atoms. The summed E-state index contributed by atoms with van der Waals surface area (Å²) >= 11 is 3.50. The molecular weight excluding hydrogens is 296 g/mol. The predicted octanol–water partition coefficient (Wildman–Crippen LogP) is 2.06. The highest BCUT2D eigenvalue weighted by molar-refractivity contribution is 9.09. The molecule has 0 aromatic carbocycles. The lowest BCUT2D eigenvalue weighted by molar-refractivity contribution is 0.0441. The quantitative estimate of drug-likeness (QED) is 0.869. The fourth-order valence-electron chi connectivity index (χ4n) is 2.05. The van der Waals surface area contributed by atoms with Gasteiger partial charge in [0.05, 0.1) is 11.1 Å². The van der Waals surface area contributed by atoms with E-state index in [4.69, 9.17) is 4.74 Å². The first kappa shape index (κ1) is 13.5. The van der Waals surface area contributed by atoms with Gasteiger partial charge in [0.25, 0.3) is 5.91 Å². The molecule has 98 valence electrons. The zero-order valence-electron chi connectivity index (χ0n) is 10.4. The van der Waals surface area contributed by atoms with Gasteiger partial charge in [-0.15, -0.1) is 0 Å². The molecule has 1 fully saturated rings. The first-order valence-electron chi connectivity index (χ1n) is 6.03. The van der Waals surface area contributed by atoms with Crippen LogP contribution in [0.1, 0.15) is 28.8 Å². The molecule has 2 heterocycles. The van der Waals surface area contributed by atoms with Crippen LogP contribution in [-0.2, 0) is 4.74 Å². The van der Waals surface area contributed by atoms with Crippen LogP contribution in [-0.4, -0.2) is 35.0 Å². The Bertz CT molecular complexity index is 431. The molecule has 4 nitrogen and oxygen atoms in total. The normalized spacial score (nSPS) is 18.3. The topological polar surface area (TPSA) is 51.2 Å². The number of halogens is 1. The summed E-state index contributed by atoms with van der Waals surface area (Å²) in [4.78, 5) is 16.3. The third kappa shape index (κ3) is 3.09. The molecule has 1 saturated heterocycles. The predicted molar refractivity (Wildman–Crippen MR) is 73.0 cm³/mol. The van der Waals surface area contributed by atoms with Crippen molar-refractivity contribution in [1.29, 1.82) is 0 Å². The van der Waals surface area contributed by atoms with Crippen molar-refractivity contribution in [2.75, 3.05) is 18.5 Å². The molecule has 0 atom stereocenters. The largest absolute Gasteiger partial charge is 0.381 e. The first-order valence-corrected chi connectivity index (χ1v) is 7.15. The molecule has 1 aromatic rings. The van der Waals surface area contributed by atoms with E-state index in [2.05, 4.69) is 26.2 Å². The molecule has 1 amide bonds. The second kappa shape index (κ2) is 5.80. The van der Waals surface area contributed by atoms with Crippen LogP contribution in [0.5, 0.6) is 0 Å². The van der Waals surface area contributed by atoms with Crippen LogP contribution >= 0.6 is 15.9 Å². The molecule has 0 saturated carbocycles. The van der Waals surface area contributed by atoms with Crippen LogP contribution in [0, 0.1) is 6.92 Å². The molecule has 1 aliphatic rings. The molecule has 5 heteroatoms. The summed E-state index contributed by atoms with van der Waals surface area (Å²) in [5, 5.41) is 3.86. The van der Waals surface area contributed by atoms with E-state index >= 15 is 0 Å². The van der Waals surface area contributed by atoms with Crippen LogP contribution in [0.15, 0.2) is 18.5 Å². The van der Waals surface area contributed by atoms with Gasteiger partial charge in [0.1, 0.15) is 0 Å². The summed E-state index contributed by atoms with van der Waals surface area (Å²) in [5.74, 6) is -0.0625. The Morgan fingerprint density at radius 2 is 2.22 bits per heavy atom. The molecule has 0 radical (unpaired) electrons. The van der Waals surface area contributed by atoms with Crippen LogP contribution in [0.2, 0.25) is 0 Å². The van der Waals surface area contributed by atoms with Gasteiger partial charge in [-0.2, -0.15) is 0 Å². The van der Waals surface area contributed by atoms with Crippen molar-refractivity contribution in [3.05, 3.63) is 29.6 Å². The Hall–Kier alpha value is -0.940. The lowest BCUT2D eigenvalue weighted by atomic mass is 9.92. The molecule has 1 N–H and O–H groups in total. The summed E-state index contributed by atoms with van der Waals surface area (Å²) in [6.45, 7) is 3.31. The van der Waals surface area contributed by atoms with Gasteiger partial charge >= 0.3 is 0 Å². The van der Waals surface area contributed by atoms with Crippen molar-refractivity contribution in [3.8, 4) is 0 Å². The number of ether oxygens (including phenoxy) is 1. The number of aromatic nitrogens is 1. The summed E-state index contributed by atoms with van der Waals surface area (Å²) in [6.07, 6.45) is 5.02. The van der Waals surface area contributed by atoms with Crippen LogP contribution in [0.3, 0.4) is 0 Å². The fourth-order valence-corrected chi connectivity index (χ4v) is 2.75. The highest BCUT2D eigenvalue weighted by Gasteiger charge is 2.33. The lowest BCUT2D eigenvalue weighted by Crippen LogP contribution is -2.53. The summed E-state index contributed by atoms with van der Waals surface area (Å²) in [6, 6.07) is 1.85. The van der Waals surface area contributed by atoms with Crippen molar-refractivity contribution in [2.45, 2.75) is 25.3 Å². The van der Waals surface area contributed by atoms with Gasteiger partial charge in [0.2, 0.25) is 0 Å². The minimum Gasteiger partial charge on any atom is -0.381 e. The number of amides is 1. The number of aryl methyl sites for hydroxylation is 1. The maximum Gasteiger partial charge on any atom is 0.253 e. The molecule has 0 unspecified atom stereocenters. The Balaban J connectivity index is 2.10. The van der Waals surface area contributed by atoms with Gasteiger partial charge in [-0.05, 0) is 31.4 Å². The number of pyridine rings is 1. The van der Waals surface area contributed by atoms with E-state index in [1.165, 1.54) is 0 Å². The smallest absolute Gasteiger partial charge is 0.253 e. The average Bonchev–Trinajstić information content (AvgIpc) is 2.40. The molecular formula is C13H17BrN2O2. The second-order valence-electron chi connectivity index (χ2n) is 4.73. The third-order valence-corrected chi connectivity index (χ3v) is 4.29.